The maximum absolute atomic E-state index is 12.4. The Hall–Kier alpha value is -2.37. The molecule has 1 aromatic carbocycles. The van der Waals surface area contributed by atoms with E-state index in [2.05, 4.69) is 0 Å². The number of allylic oxidation sites excluding steroid dienone is 1. The van der Waals surface area contributed by atoms with E-state index < -0.39 is 22.3 Å². The van der Waals surface area contributed by atoms with E-state index in [1.165, 1.54) is 6.07 Å². The molecule has 110 valence electrons. The Morgan fingerprint density at radius 2 is 2.10 bits per heavy atom. The van der Waals surface area contributed by atoms with Crippen LogP contribution in [0.2, 0.25) is 0 Å². The minimum Gasteiger partial charge on any atom is -0.504 e. The first-order valence-corrected chi connectivity index (χ1v) is 6.72. The van der Waals surface area contributed by atoms with Gasteiger partial charge >= 0.3 is 11.5 Å². The average Bonchev–Trinajstić information content (AvgIpc) is 2.42. The normalized spacial score (nSPS) is 27.7. The summed E-state index contributed by atoms with van der Waals surface area (Å²) in [7, 11) is 0. The van der Waals surface area contributed by atoms with Gasteiger partial charge in [0.2, 0.25) is 0 Å². The molecule has 0 bridgehead atoms. The summed E-state index contributed by atoms with van der Waals surface area (Å²) in [6, 6.07) is 4.69. The van der Waals surface area contributed by atoms with Crippen LogP contribution < -0.4 is 4.74 Å². The quantitative estimate of drug-likeness (QED) is 0.282. The van der Waals surface area contributed by atoms with Crippen molar-refractivity contribution in [1.29, 1.82) is 0 Å². The number of carbonyl (C=O) groups excluding carboxylic acids is 1. The minimum atomic E-state index is -1.79. The van der Waals surface area contributed by atoms with E-state index >= 15 is 0 Å². The van der Waals surface area contributed by atoms with E-state index in [9.17, 15) is 20.0 Å². The second kappa shape index (κ2) is 4.31. The molecular weight excluding hydrogens is 274 g/mol. The third-order valence-electron chi connectivity index (χ3n) is 4.62. The van der Waals surface area contributed by atoms with Gasteiger partial charge < -0.3 is 9.84 Å². The fourth-order valence-electron chi connectivity index (χ4n) is 3.28. The molecule has 6 nitrogen and oxygen atoms in total. The van der Waals surface area contributed by atoms with E-state index in [0.29, 0.717) is 12.0 Å². The molecule has 3 rings (SSSR count). The van der Waals surface area contributed by atoms with Gasteiger partial charge in [0, 0.05) is 10.5 Å². The molecule has 2 aliphatic rings. The number of para-hydroxylation sites is 1. The van der Waals surface area contributed by atoms with Gasteiger partial charge in [0.25, 0.3) is 0 Å². The van der Waals surface area contributed by atoms with Crippen molar-refractivity contribution in [2.45, 2.75) is 38.1 Å². The van der Waals surface area contributed by atoms with Gasteiger partial charge in [-0.2, -0.15) is 0 Å². The summed E-state index contributed by atoms with van der Waals surface area (Å²) in [6.07, 6.45) is 0.461. The van der Waals surface area contributed by atoms with Gasteiger partial charge in [-0.05, 0) is 26.3 Å². The summed E-state index contributed by atoms with van der Waals surface area (Å²) in [6.45, 7) is 3.73. The van der Waals surface area contributed by atoms with Crippen LogP contribution in [0.3, 0.4) is 0 Å². The number of benzene rings is 1. The van der Waals surface area contributed by atoms with Crippen molar-refractivity contribution in [3.63, 3.8) is 0 Å². The molecule has 0 fully saturated rings. The number of carbonyl (C=O) groups is 1. The number of nitro groups is 1. The summed E-state index contributed by atoms with van der Waals surface area (Å²) >= 11 is 0. The lowest BCUT2D eigenvalue weighted by molar-refractivity contribution is -0.561. The Balaban J connectivity index is 2.27. The molecule has 0 amide bonds. The number of nitrogens with zero attached hydrogens (tertiary/aromatic N) is 1. The van der Waals surface area contributed by atoms with Crippen LogP contribution in [0, 0.1) is 10.1 Å². The summed E-state index contributed by atoms with van der Waals surface area (Å²) in [5.74, 6) is -1.61. The van der Waals surface area contributed by atoms with Crippen LogP contribution in [0.5, 0.6) is 11.5 Å². The minimum absolute atomic E-state index is 0.0461. The third kappa shape index (κ3) is 1.68. The molecular formula is C15H15NO5. The molecule has 1 aromatic rings. The summed E-state index contributed by atoms with van der Waals surface area (Å²) in [5.41, 5.74) is 0.632. The highest BCUT2D eigenvalue weighted by atomic mass is 16.6. The highest BCUT2D eigenvalue weighted by Gasteiger charge is 2.64. The van der Waals surface area contributed by atoms with Crippen LogP contribution in [-0.4, -0.2) is 21.5 Å². The number of rotatable bonds is 1. The number of phenolic OH excluding ortho intramolecular Hbond substituents is 1. The fourth-order valence-corrected chi connectivity index (χ4v) is 3.28. The lowest BCUT2D eigenvalue weighted by Crippen LogP contribution is -2.57. The Labute approximate surface area is 121 Å². The van der Waals surface area contributed by atoms with Crippen LogP contribution >= 0.6 is 0 Å². The second-order valence-corrected chi connectivity index (χ2v) is 5.76. The van der Waals surface area contributed by atoms with E-state index in [1.807, 2.05) is 13.8 Å². The zero-order valence-electron chi connectivity index (χ0n) is 11.8. The summed E-state index contributed by atoms with van der Waals surface area (Å²) in [4.78, 5) is 23.5. The molecule has 0 saturated heterocycles. The topological polar surface area (TPSA) is 89.7 Å². The van der Waals surface area contributed by atoms with Crippen LogP contribution in [0.25, 0.3) is 0 Å². The molecule has 1 aliphatic carbocycles. The number of fused-ring (bicyclic) bond motifs is 3. The number of esters is 1. The molecule has 6 heteroatoms. The number of ether oxygens (including phenoxy) is 1. The van der Waals surface area contributed by atoms with Crippen molar-refractivity contribution in [2.24, 2.45) is 0 Å². The van der Waals surface area contributed by atoms with Crippen LogP contribution in [-0.2, 0) is 4.79 Å². The van der Waals surface area contributed by atoms with Gasteiger partial charge in [-0.3, -0.25) is 10.1 Å². The zero-order chi connectivity index (χ0) is 15.4. The van der Waals surface area contributed by atoms with E-state index in [0.717, 1.165) is 11.1 Å². The Kier molecular flexibility index (Phi) is 2.79. The average molecular weight is 289 g/mol. The third-order valence-corrected chi connectivity index (χ3v) is 4.62. The first-order valence-electron chi connectivity index (χ1n) is 6.72. The van der Waals surface area contributed by atoms with Crippen molar-refractivity contribution < 1.29 is 19.6 Å². The largest absolute Gasteiger partial charge is 0.504 e. The summed E-state index contributed by atoms with van der Waals surface area (Å²) in [5, 5.41) is 21.5. The number of aromatic hydroxyl groups is 1. The first kappa shape index (κ1) is 13.6. The monoisotopic (exact) mass is 289 g/mol. The Bertz CT molecular complexity index is 693. The molecule has 1 aliphatic heterocycles. The van der Waals surface area contributed by atoms with Crippen molar-refractivity contribution in [3.8, 4) is 11.5 Å². The zero-order valence-corrected chi connectivity index (χ0v) is 11.8. The first-order chi connectivity index (χ1) is 9.87. The highest BCUT2D eigenvalue weighted by Crippen LogP contribution is 2.53. The van der Waals surface area contributed by atoms with Crippen molar-refractivity contribution in [2.75, 3.05) is 0 Å². The van der Waals surface area contributed by atoms with Crippen molar-refractivity contribution in [1.82, 2.24) is 0 Å². The van der Waals surface area contributed by atoms with Crippen LogP contribution in [0.1, 0.15) is 38.2 Å². The molecule has 0 spiro atoms. The van der Waals surface area contributed by atoms with E-state index in [1.54, 1.807) is 12.1 Å². The Morgan fingerprint density at radius 1 is 1.38 bits per heavy atom. The standard InChI is InChI=1S/C15H15NO5/c1-8-6-11-10-4-3-5-12(17)13(10)21-14(18)15(11,16(19)20)7-9(8)2/h3-5,11,17H,6-7H2,1-2H3/t11-,15+/m0/s1. The molecule has 1 N–H and O–H groups in total. The fraction of sp³-hybridized carbons (Fsp3) is 0.400. The highest BCUT2D eigenvalue weighted by molar-refractivity contribution is 5.87. The molecule has 0 radical (unpaired) electrons. The lowest BCUT2D eigenvalue weighted by Gasteiger charge is -2.39. The number of phenols is 1. The number of hydrogen-bond donors (Lipinski definition) is 1. The molecule has 0 aromatic heterocycles. The molecule has 1 heterocycles. The molecule has 0 unspecified atom stereocenters. The Morgan fingerprint density at radius 3 is 2.76 bits per heavy atom. The molecule has 2 atom stereocenters. The second-order valence-electron chi connectivity index (χ2n) is 5.76. The lowest BCUT2D eigenvalue weighted by atomic mass is 9.67. The summed E-state index contributed by atoms with van der Waals surface area (Å²) < 4.78 is 5.13. The molecule has 0 saturated carbocycles. The maximum Gasteiger partial charge on any atom is 0.391 e. The van der Waals surface area contributed by atoms with E-state index in [-0.39, 0.29) is 17.9 Å². The smallest absolute Gasteiger partial charge is 0.391 e. The van der Waals surface area contributed by atoms with Gasteiger partial charge in [0.15, 0.2) is 11.5 Å². The van der Waals surface area contributed by atoms with Crippen LogP contribution in [0.4, 0.5) is 0 Å². The van der Waals surface area contributed by atoms with Gasteiger partial charge in [-0.1, -0.05) is 23.3 Å². The SMILES string of the molecule is CC1=C(C)C[C@]2([N+](=O)[O-])C(=O)Oc3c(O)cccc3[C@@H]2C1. The predicted molar refractivity (Wildman–Crippen MR) is 73.8 cm³/mol. The predicted octanol–water partition coefficient (Wildman–Crippen LogP) is 2.54. The van der Waals surface area contributed by atoms with Crippen LogP contribution in [0.15, 0.2) is 29.3 Å². The maximum atomic E-state index is 12.4. The van der Waals surface area contributed by atoms with Gasteiger partial charge in [0.05, 0.1) is 12.3 Å². The number of hydrogen-bond acceptors (Lipinski definition) is 5. The van der Waals surface area contributed by atoms with Crippen molar-refractivity contribution in [3.05, 3.63) is 45.0 Å². The van der Waals surface area contributed by atoms with Gasteiger partial charge in [0.1, 0.15) is 0 Å². The van der Waals surface area contributed by atoms with Gasteiger partial charge in [-0.15, -0.1) is 0 Å². The van der Waals surface area contributed by atoms with Gasteiger partial charge in [-0.25, -0.2) is 4.79 Å². The van der Waals surface area contributed by atoms with E-state index in [4.69, 9.17) is 4.74 Å². The van der Waals surface area contributed by atoms with Crippen molar-refractivity contribution >= 4 is 5.97 Å². The molecule has 21 heavy (non-hydrogen) atoms.